The summed E-state index contributed by atoms with van der Waals surface area (Å²) >= 11 is 0. The molecule has 0 atom stereocenters. The first kappa shape index (κ1) is 13.0. The number of carbonyl (C=O) groups is 1. The highest BCUT2D eigenvalue weighted by molar-refractivity contribution is 6.04. The number of nitrogens with one attached hydrogen (secondary N) is 2. The van der Waals surface area contributed by atoms with E-state index in [0.29, 0.717) is 11.5 Å². The van der Waals surface area contributed by atoms with Gasteiger partial charge in [-0.15, -0.1) is 0 Å². The molecule has 0 aliphatic heterocycles. The van der Waals surface area contributed by atoms with E-state index < -0.39 is 5.82 Å². The van der Waals surface area contributed by atoms with Crippen LogP contribution < -0.4 is 5.32 Å². The van der Waals surface area contributed by atoms with E-state index in [0.717, 1.165) is 5.56 Å². The number of benzene rings is 2. The van der Waals surface area contributed by atoms with Crippen LogP contribution in [0.25, 0.3) is 11.4 Å². The Morgan fingerprint density at radius 2 is 2.00 bits per heavy atom. The van der Waals surface area contributed by atoms with Gasteiger partial charge in [-0.25, -0.2) is 9.37 Å². The van der Waals surface area contributed by atoms with Gasteiger partial charge in [0.1, 0.15) is 12.1 Å². The van der Waals surface area contributed by atoms with Crippen LogP contribution >= 0.6 is 0 Å². The van der Waals surface area contributed by atoms with Gasteiger partial charge in [0.15, 0.2) is 5.82 Å². The highest BCUT2D eigenvalue weighted by atomic mass is 19.1. The molecule has 0 aliphatic rings. The average Bonchev–Trinajstić information content (AvgIpc) is 3.02. The molecule has 1 heterocycles. The second-order valence-electron chi connectivity index (χ2n) is 4.38. The summed E-state index contributed by atoms with van der Waals surface area (Å²) in [5, 5.41) is 9.25. The smallest absolute Gasteiger partial charge is 0.255 e. The first-order valence-corrected chi connectivity index (χ1v) is 6.25. The number of aromatic nitrogens is 3. The van der Waals surface area contributed by atoms with Gasteiger partial charge in [-0.2, -0.15) is 5.10 Å². The van der Waals surface area contributed by atoms with Crippen molar-refractivity contribution in [1.29, 1.82) is 0 Å². The summed E-state index contributed by atoms with van der Waals surface area (Å²) in [5.74, 6) is -0.209. The highest BCUT2D eigenvalue weighted by Crippen LogP contribution is 2.19. The number of nitrogens with zero attached hydrogens (tertiary/aromatic N) is 2. The van der Waals surface area contributed by atoms with Crippen molar-refractivity contribution in [2.45, 2.75) is 0 Å². The van der Waals surface area contributed by atoms with Gasteiger partial charge in [0, 0.05) is 16.8 Å². The Hall–Kier alpha value is -3.02. The summed E-state index contributed by atoms with van der Waals surface area (Å²) < 4.78 is 13.1. The van der Waals surface area contributed by atoms with Crippen LogP contribution in [0.2, 0.25) is 0 Å². The van der Waals surface area contributed by atoms with E-state index in [1.807, 2.05) is 6.07 Å². The van der Waals surface area contributed by atoms with Crippen molar-refractivity contribution in [1.82, 2.24) is 15.2 Å². The predicted octanol–water partition coefficient (Wildman–Crippen LogP) is 2.86. The molecule has 1 amide bonds. The minimum atomic E-state index is -0.446. The molecule has 0 bridgehead atoms. The van der Waals surface area contributed by atoms with Gasteiger partial charge >= 0.3 is 0 Å². The lowest BCUT2D eigenvalue weighted by Gasteiger charge is -2.06. The van der Waals surface area contributed by atoms with Gasteiger partial charge in [-0.1, -0.05) is 18.2 Å². The Balaban J connectivity index is 1.82. The van der Waals surface area contributed by atoms with E-state index in [4.69, 9.17) is 0 Å². The number of H-pyrrole nitrogens is 1. The minimum Gasteiger partial charge on any atom is -0.322 e. The molecular weight excluding hydrogens is 271 g/mol. The fraction of sp³-hybridized carbons (Fsp3) is 0. The molecule has 3 rings (SSSR count). The molecule has 2 N–H and O–H groups in total. The maximum Gasteiger partial charge on any atom is 0.255 e. The van der Waals surface area contributed by atoms with Crippen LogP contribution in [0.15, 0.2) is 54.9 Å². The standard InChI is InChI=1S/C15H11FN4O/c16-12-5-1-4-11(7-12)15(21)19-13-6-2-3-10(8-13)14-17-9-18-20-14/h1-9H,(H,19,21)(H,17,18,20). The molecule has 0 radical (unpaired) electrons. The maximum atomic E-state index is 13.1. The van der Waals surface area contributed by atoms with Crippen molar-refractivity contribution in [2.24, 2.45) is 0 Å². The largest absolute Gasteiger partial charge is 0.322 e. The molecule has 2 aromatic carbocycles. The third-order valence-electron chi connectivity index (χ3n) is 2.90. The van der Waals surface area contributed by atoms with Gasteiger partial charge in [0.05, 0.1) is 0 Å². The highest BCUT2D eigenvalue weighted by Gasteiger charge is 2.08. The minimum absolute atomic E-state index is 0.264. The fourth-order valence-corrected chi connectivity index (χ4v) is 1.92. The number of hydrogen-bond acceptors (Lipinski definition) is 3. The van der Waals surface area contributed by atoms with E-state index in [-0.39, 0.29) is 11.5 Å². The number of rotatable bonds is 3. The summed E-state index contributed by atoms with van der Waals surface area (Å²) in [4.78, 5) is 16.1. The number of amides is 1. The fourth-order valence-electron chi connectivity index (χ4n) is 1.92. The number of hydrogen-bond donors (Lipinski definition) is 2. The Labute approximate surface area is 119 Å². The van der Waals surface area contributed by atoms with E-state index >= 15 is 0 Å². The predicted molar refractivity (Wildman–Crippen MR) is 76.2 cm³/mol. The van der Waals surface area contributed by atoms with Crippen LogP contribution in [-0.4, -0.2) is 21.1 Å². The monoisotopic (exact) mass is 282 g/mol. The van der Waals surface area contributed by atoms with Crippen molar-refractivity contribution in [3.05, 3.63) is 66.2 Å². The molecule has 0 saturated heterocycles. The van der Waals surface area contributed by atoms with Gasteiger partial charge in [0.2, 0.25) is 0 Å². The van der Waals surface area contributed by atoms with Crippen LogP contribution in [-0.2, 0) is 0 Å². The number of anilines is 1. The van der Waals surface area contributed by atoms with Crippen LogP contribution in [0.3, 0.4) is 0 Å². The molecule has 0 aliphatic carbocycles. The average molecular weight is 282 g/mol. The molecule has 3 aromatic rings. The van der Waals surface area contributed by atoms with Crippen molar-refractivity contribution < 1.29 is 9.18 Å². The molecule has 0 saturated carbocycles. The second kappa shape index (κ2) is 5.54. The lowest BCUT2D eigenvalue weighted by atomic mass is 10.1. The van der Waals surface area contributed by atoms with Crippen molar-refractivity contribution in [3.8, 4) is 11.4 Å². The van der Waals surface area contributed by atoms with E-state index in [2.05, 4.69) is 20.5 Å². The van der Waals surface area contributed by atoms with E-state index in [9.17, 15) is 9.18 Å². The zero-order valence-electron chi connectivity index (χ0n) is 10.9. The molecule has 6 heteroatoms. The van der Waals surface area contributed by atoms with E-state index in [1.165, 1.54) is 24.5 Å². The molecule has 0 unspecified atom stereocenters. The van der Waals surface area contributed by atoms with Gasteiger partial charge in [0.25, 0.3) is 5.91 Å². The molecule has 0 fully saturated rings. The zero-order valence-corrected chi connectivity index (χ0v) is 10.9. The summed E-state index contributed by atoms with van der Waals surface area (Å²) in [6.45, 7) is 0. The molecule has 21 heavy (non-hydrogen) atoms. The third kappa shape index (κ3) is 2.94. The molecule has 5 nitrogen and oxygen atoms in total. The van der Waals surface area contributed by atoms with Crippen LogP contribution in [0.4, 0.5) is 10.1 Å². The molecule has 104 valence electrons. The maximum absolute atomic E-state index is 13.1. The lowest BCUT2D eigenvalue weighted by Crippen LogP contribution is -2.12. The Morgan fingerprint density at radius 1 is 1.14 bits per heavy atom. The number of carbonyl (C=O) groups excluding carboxylic acids is 1. The second-order valence-corrected chi connectivity index (χ2v) is 4.38. The van der Waals surface area contributed by atoms with Crippen molar-refractivity contribution in [2.75, 3.05) is 5.32 Å². The quantitative estimate of drug-likeness (QED) is 0.776. The number of halogens is 1. The van der Waals surface area contributed by atoms with Gasteiger partial charge in [-0.05, 0) is 30.3 Å². The zero-order chi connectivity index (χ0) is 14.7. The van der Waals surface area contributed by atoms with E-state index in [1.54, 1.807) is 24.3 Å². The van der Waals surface area contributed by atoms with Gasteiger partial charge < -0.3 is 5.32 Å². The molecular formula is C15H11FN4O. The molecule has 0 spiro atoms. The van der Waals surface area contributed by atoms with Crippen LogP contribution in [0.1, 0.15) is 10.4 Å². The summed E-state index contributed by atoms with van der Waals surface area (Å²) in [6.07, 6.45) is 1.41. The normalized spacial score (nSPS) is 10.3. The van der Waals surface area contributed by atoms with Crippen molar-refractivity contribution >= 4 is 11.6 Å². The summed E-state index contributed by atoms with van der Waals surface area (Å²) in [6, 6.07) is 12.7. The summed E-state index contributed by atoms with van der Waals surface area (Å²) in [7, 11) is 0. The van der Waals surface area contributed by atoms with Crippen LogP contribution in [0, 0.1) is 5.82 Å². The summed E-state index contributed by atoms with van der Waals surface area (Å²) in [5.41, 5.74) is 1.66. The number of aromatic amines is 1. The third-order valence-corrected chi connectivity index (χ3v) is 2.90. The van der Waals surface area contributed by atoms with Crippen LogP contribution in [0.5, 0.6) is 0 Å². The Kier molecular flexibility index (Phi) is 3.42. The van der Waals surface area contributed by atoms with Gasteiger partial charge in [-0.3, -0.25) is 9.89 Å². The SMILES string of the molecule is O=C(Nc1cccc(-c2ncn[nH]2)c1)c1cccc(F)c1. The Bertz CT molecular complexity index is 771. The lowest BCUT2D eigenvalue weighted by molar-refractivity contribution is 0.102. The first-order valence-electron chi connectivity index (χ1n) is 6.25. The Morgan fingerprint density at radius 3 is 2.76 bits per heavy atom. The topological polar surface area (TPSA) is 70.7 Å². The first-order chi connectivity index (χ1) is 10.2. The van der Waals surface area contributed by atoms with Crippen molar-refractivity contribution in [3.63, 3.8) is 0 Å². The molecule has 1 aromatic heterocycles.